The quantitative estimate of drug-likeness (QED) is 0.381. The predicted molar refractivity (Wildman–Crippen MR) is 71.7 cm³/mol. The summed E-state index contributed by atoms with van der Waals surface area (Å²) in [6.45, 7) is 4.67. The topological polar surface area (TPSA) is 85.7 Å². The lowest BCUT2D eigenvalue weighted by Gasteiger charge is -2.07. The molecule has 2 rings (SSSR count). The van der Waals surface area contributed by atoms with E-state index in [1.54, 1.807) is 23.0 Å². The Labute approximate surface area is 111 Å². The van der Waals surface area contributed by atoms with Gasteiger partial charge in [-0.3, -0.25) is 4.68 Å². The molecule has 0 fully saturated rings. The second kappa shape index (κ2) is 5.43. The van der Waals surface area contributed by atoms with Crippen LogP contribution in [0.25, 0.3) is 0 Å². The van der Waals surface area contributed by atoms with Gasteiger partial charge in [0.05, 0.1) is 12.4 Å². The molecule has 0 saturated heterocycles. The Morgan fingerprint density at radius 1 is 1.47 bits per heavy atom. The molecule has 6 nitrogen and oxygen atoms in total. The summed E-state index contributed by atoms with van der Waals surface area (Å²) in [5.74, 6) is 1.45. The fourth-order valence-electron chi connectivity index (χ4n) is 1.75. The smallest absolute Gasteiger partial charge is 0.170 e. The van der Waals surface area contributed by atoms with Crippen molar-refractivity contribution in [2.24, 2.45) is 10.9 Å². The van der Waals surface area contributed by atoms with E-state index in [1.807, 2.05) is 26.1 Å². The Balaban J connectivity index is 2.20. The minimum atomic E-state index is 0.0860. The molecule has 1 aromatic heterocycles. The maximum Gasteiger partial charge on any atom is 0.170 e. The largest absolute Gasteiger partial charge is 0.454 e. The summed E-state index contributed by atoms with van der Waals surface area (Å²) in [6.07, 6.45) is 3.49. The molecule has 0 radical (unpaired) electrons. The Bertz CT molecular complexity index is 604. The number of aryl methyl sites for hydroxylation is 2. The SMILES string of the molecule is CCn1cc(Oc2ccc(/C(N)=N/O)c(C)c2)cn1. The molecule has 0 aliphatic rings. The molecule has 0 aliphatic carbocycles. The van der Waals surface area contributed by atoms with Gasteiger partial charge in [-0.05, 0) is 37.6 Å². The molecule has 6 heteroatoms. The van der Waals surface area contributed by atoms with E-state index in [2.05, 4.69) is 10.3 Å². The first kappa shape index (κ1) is 12.9. The molecule has 0 saturated carbocycles. The molecule has 1 heterocycles. The van der Waals surface area contributed by atoms with Crippen molar-refractivity contribution in [1.29, 1.82) is 0 Å². The Morgan fingerprint density at radius 3 is 2.84 bits per heavy atom. The van der Waals surface area contributed by atoms with Gasteiger partial charge in [0, 0.05) is 12.1 Å². The van der Waals surface area contributed by atoms with E-state index < -0.39 is 0 Å². The van der Waals surface area contributed by atoms with Crippen molar-refractivity contribution in [2.45, 2.75) is 20.4 Å². The summed E-state index contributed by atoms with van der Waals surface area (Å²) in [6, 6.07) is 5.35. The van der Waals surface area contributed by atoms with Crippen molar-refractivity contribution in [3.8, 4) is 11.5 Å². The van der Waals surface area contributed by atoms with Gasteiger partial charge in [0.15, 0.2) is 11.6 Å². The molecule has 2 aromatic rings. The van der Waals surface area contributed by atoms with Gasteiger partial charge in [-0.15, -0.1) is 0 Å². The highest BCUT2D eigenvalue weighted by Gasteiger charge is 2.06. The first-order valence-electron chi connectivity index (χ1n) is 5.93. The third kappa shape index (κ3) is 2.85. The van der Waals surface area contributed by atoms with Crippen LogP contribution in [0.2, 0.25) is 0 Å². The molecule has 0 aliphatic heterocycles. The second-order valence-corrected chi connectivity index (χ2v) is 4.10. The van der Waals surface area contributed by atoms with Crippen molar-refractivity contribution in [3.63, 3.8) is 0 Å². The van der Waals surface area contributed by atoms with Gasteiger partial charge in [0.1, 0.15) is 5.75 Å². The number of nitrogens with zero attached hydrogens (tertiary/aromatic N) is 3. The summed E-state index contributed by atoms with van der Waals surface area (Å²) in [4.78, 5) is 0. The number of aromatic nitrogens is 2. The molecule has 1 aromatic carbocycles. The van der Waals surface area contributed by atoms with Crippen LogP contribution in [-0.2, 0) is 6.54 Å². The lowest BCUT2D eigenvalue weighted by molar-refractivity contribution is 0.318. The van der Waals surface area contributed by atoms with Gasteiger partial charge in [-0.1, -0.05) is 5.16 Å². The maximum atomic E-state index is 8.67. The minimum absolute atomic E-state index is 0.0860. The first-order chi connectivity index (χ1) is 9.13. The normalized spacial score (nSPS) is 11.6. The van der Waals surface area contributed by atoms with E-state index >= 15 is 0 Å². The number of rotatable bonds is 4. The zero-order valence-corrected chi connectivity index (χ0v) is 10.9. The molecule has 0 bridgehead atoms. The summed E-state index contributed by atoms with van der Waals surface area (Å²) >= 11 is 0. The number of ether oxygens (including phenoxy) is 1. The molecule has 19 heavy (non-hydrogen) atoms. The van der Waals surface area contributed by atoms with Crippen molar-refractivity contribution < 1.29 is 9.94 Å². The number of amidine groups is 1. The fraction of sp³-hybridized carbons (Fsp3) is 0.231. The van der Waals surface area contributed by atoms with Crippen LogP contribution in [0.1, 0.15) is 18.1 Å². The molecular weight excluding hydrogens is 244 g/mol. The molecule has 0 amide bonds. The van der Waals surface area contributed by atoms with Crippen molar-refractivity contribution in [3.05, 3.63) is 41.7 Å². The Kier molecular flexibility index (Phi) is 3.70. The lowest BCUT2D eigenvalue weighted by atomic mass is 10.1. The summed E-state index contributed by atoms with van der Waals surface area (Å²) in [5.41, 5.74) is 7.12. The van der Waals surface area contributed by atoms with E-state index in [4.69, 9.17) is 15.7 Å². The third-order valence-electron chi connectivity index (χ3n) is 2.75. The van der Waals surface area contributed by atoms with E-state index in [0.717, 1.165) is 12.1 Å². The Hall–Kier alpha value is -2.50. The van der Waals surface area contributed by atoms with E-state index in [1.165, 1.54) is 0 Å². The Morgan fingerprint density at radius 2 is 2.26 bits per heavy atom. The minimum Gasteiger partial charge on any atom is -0.454 e. The monoisotopic (exact) mass is 260 g/mol. The van der Waals surface area contributed by atoms with Crippen molar-refractivity contribution in [2.75, 3.05) is 0 Å². The number of nitrogens with two attached hydrogens (primary N) is 1. The van der Waals surface area contributed by atoms with Crippen LogP contribution in [0.5, 0.6) is 11.5 Å². The average molecular weight is 260 g/mol. The van der Waals surface area contributed by atoms with Gasteiger partial charge >= 0.3 is 0 Å². The zero-order chi connectivity index (χ0) is 13.8. The number of benzene rings is 1. The van der Waals surface area contributed by atoms with Gasteiger partial charge in [-0.25, -0.2) is 0 Å². The van der Waals surface area contributed by atoms with Gasteiger partial charge in [0.2, 0.25) is 0 Å². The molecule has 0 atom stereocenters. The molecular formula is C13H16N4O2. The van der Waals surface area contributed by atoms with E-state index in [9.17, 15) is 0 Å². The van der Waals surface area contributed by atoms with E-state index in [0.29, 0.717) is 17.1 Å². The van der Waals surface area contributed by atoms with Crippen LogP contribution < -0.4 is 10.5 Å². The number of hydrogen-bond donors (Lipinski definition) is 2. The maximum absolute atomic E-state index is 8.67. The summed E-state index contributed by atoms with van der Waals surface area (Å²) in [7, 11) is 0. The number of hydrogen-bond acceptors (Lipinski definition) is 4. The van der Waals surface area contributed by atoms with E-state index in [-0.39, 0.29) is 5.84 Å². The molecule has 100 valence electrons. The lowest BCUT2D eigenvalue weighted by Crippen LogP contribution is -2.14. The standard InChI is InChI=1S/C13H16N4O2/c1-3-17-8-11(7-15-17)19-10-4-5-12(9(2)6-10)13(14)16-18/h4-8,18H,3H2,1-2H3,(H2,14,16). The number of oxime groups is 1. The van der Waals surface area contributed by atoms with Gasteiger partial charge < -0.3 is 15.7 Å². The first-order valence-corrected chi connectivity index (χ1v) is 5.93. The third-order valence-corrected chi connectivity index (χ3v) is 2.75. The van der Waals surface area contributed by atoms with Crippen LogP contribution in [0.4, 0.5) is 0 Å². The van der Waals surface area contributed by atoms with Gasteiger partial charge in [-0.2, -0.15) is 5.10 Å². The van der Waals surface area contributed by atoms with Crippen LogP contribution in [0.3, 0.4) is 0 Å². The molecule has 0 spiro atoms. The highest BCUT2D eigenvalue weighted by atomic mass is 16.5. The predicted octanol–water partition coefficient (Wildman–Crippen LogP) is 2.10. The fourth-order valence-corrected chi connectivity index (χ4v) is 1.75. The second-order valence-electron chi connectivity index (χ2n) is 4.10. The zero-order valence-electron chi connectivity index (χ0n) is 10.9. The molecule has 3 N–H and O–H groups in total. The molecule has 0 unspecified atom stereocenters. The average Bonchev–Trinajstić information content (AvgIpc) is 2.86. The summed E-state index contributed by atoms with van der Waals surface area (Å²) < 4.78 is 7.47. The van der Waals surface area contributed by atoms with Crippen LogP contribution in [-0.4, -0.2) is 20.8 Å². The van der Waals surface area contributed by atoms with Crippen molar-refractivity contribution >= 4 is 5.84 Å². The highest BCUT2D eigenvalue weighted by Crippen LogP contribution is 2.23. The van der Waals surface area contributed by atoms with Crippen molar-refractivity contribution in [1.82, 2.24) is 9.78 Å². The summed E-state index contributed by atoms with van der Waals surface area (Å²) in [5, 5.41) is 15.8. The van der Waals surface area contributed by atoms with Crippen LogP contribution in [0.15, 0.2) is 35.7 Å². The van der Waals surface area contributed by atoms with Crippen LogP contribution in [0, 0.1) is 6.92 Å². The highest BCUT2D eigenvalue weighted by molar-refractivity contribution is 5.98. The van der Waals surface area contributed by atoms with Gasteiger partial charge in [0.25, 0.3) is 0 Å². The van der Waals surface area contributed by atoms with Crippen LogP contribution >= 0.6 is 0 Å².